The van der Waals surface area contributed by atoms with Gasteiger partial charge in [0.15, 0.2) is 0 Å². The molecule has 0 fully saturated rings. The largest absolute Gasteiger partial charge is 0.480 e. The molecule has 0 radical (unpaired) electrons. The van der Waals surface area contributed by atoms with E-state index in [2.05, 4.69) is 0 Å². The van der Waals surface area contributed by atoms with Crippen LogP contribution in [-0.4, -0.2) is 47.2 Å². The monoisotopic (exact) mass is 349 g/mol. The summed E-state index contributed by atoms with van der Waals surface area (Å²) in [7, 11) is 1.84. The molecule has 5 nitrogen and oxygen atoms in total. The van der Waals surface area contributed by atoms with Crippen molar-refractivity contribution in [3.05, 3.63) is 35.4 Å². The van der Waals surface area contributed by atoms with E-state index < -0.39 is 17.6 Å². The highest BCUT2D eigenvalue weighted by Gasteiger charge is 2.25. The molecule has 0 saturated heterocycles. The van der Waals surface area contributed by atoms with E-state index in [1.807, 2.05) is 70.8 Å². The first kappa shape index (κ1) is 21.2. The topological polar surface area (TPSA) is 66.8 Å². The summed E-state index contributed by atoms with van der Waals surface area (Å²) in [5.74, 6) is -0.967. The number of hydrogen-bond acceptors (Lipinski definition) is 4. The minimum absolute atomic E-state index is 0.0544. The number of carbonyl (C=O) groups is 2. The molecule has 0 unspecified atom stereocenters. The number of carboxylic acid groups (broad SMARTS) is 1. The smallest absolute Gasteiger partial charge is 0.321 e. The Kier molecular flexibility index (Phi) is 7.61. The second-order valence-electron chi connectivity index (χ2n) is 7.84. The lowest BCUT2D eigenvalue weighted by Gasteiger charge is -2.27. The number of nitrogens with zero attached hydrogens (tertiary/aromatic N) is 1. The first-order valence-electron chi connectivity index (χ1n) is 8.72. The van der Waals surface area contributed by atoms with Crippen molar-refractivity contribution in [1.82, 2.24) is 4.90 Å². The van der Waals surface area contributed by atoms with Crippen molar-refractivity contribution in [3.8, 4) is 0 Å². The third kappa shape index (κ3) is 7.69. The average Bonchev–Trinajstić information content (AvgIpc) is 2.43. The maximum atomic E-state index is 11.8. The van der Waals surface area contributed by atoms with Crippen LogP contribution >= 0.6 is 0 Å². The number of ether oxygens (including phenoxy) is 1. The number of carboxylic acids is 1. The van der Waals surface area contributed by atoms with E-state index in [1.54, 1.807) is 0 Å². The van der Waals surface area contributed by atoms with Crippen molar-refractivity contribution in [2.24, 2.45) is 5.92 Å². The van der Waals surface area contributed by atoms with E-state index in [0.717, 1.165) is 17.5 Å². The molecule has 1 aromatic rings. The number of rotatable bonds is 8. The fourth-order valence-electron chi connectivity index (χ4n) is 2.80. The molecule has 0 aliphatic carbocycles. The minimum atomic E-state index is -0.787. The van der Waals surface area contributed by atoms with Crippen molar-refractivity contribution < 1.29 is 19.4 Å². The van der Waals surface area contributed by atoms with E-state index in [0.29, 0.717) is 6.54 Å². The summed E-state index contributed by atoms with van der Waals surface area (Å²) in [6.07, 6.45) is 1.02. The van der Waals surface area contributed by atoms with Gasteiger partial charge in [-0.1, -0.05) is 38.1 Å². The molecule has 0 spiro atoms. The zero-order valence-electron chi connectivity index (χ0n) is 16.2. The van der Waals surface area contributed by atoms with Gasteiger partial charge in [0.25, 0.3) is 0 Å². The lowest BCUT2D eigenvalue weighted by Crippen LogP contribution is -2.43. The summed E-state index contributed by atoms with van der Waals surface area (Å²) in [6.45, 7) is 10.1. The third-order valence-corrected chi connectivity index (χ3v) is 3.90. The zero-order chi connectivity index (χ0) is 19.2. The SMILES string of the molecule is CC(C)[C@@H](C(=O)O)N(C)CCc1ccc(CC(=O)OC(C)(C)C)cc1. The first-order valence-corrected chi connectivity index (χ1v) is 8.72. The van der Waals surface area contributed by atoms with Crippen molar-refractivity contribution in [1.29, 1.82) is 0 Å². The summed E-state index contributed by atoms with van der Waals surface area (Å²) >= 11 is 0. The molecule has 0 aliphatic heterocycles. The van der Waals surface area contributed by atoms with Crippen LogP contribution in [0.3, 0.4) is 0 Å². The molecule has 0 aromatic heterocycles. The Hall–Kier alpha value is -1.88. The third-order valence-electron chi connectivity index (χ3n) is 3.90. The Morgan fingerprint density at radius 2 is 1.64 bits per heavy atom. The van der Waals surface area contributed by atoms with Crippen molar-refractivity contribution >= 4 is 11.9 Å². The number of carbonyl (C=O) groups excluding carboxylic acids is 1. The number of aliphatic carboxylic acids is 1. The Morgan fingerprint density at radius 3 is 2.08 bits per heavy atom. The van der Waals surface area contributed by atoms with E-state index in [9.17, 15) is 14.7 Å². The van der Waals surface area contributed by atoms with Gasteiger partial charge in [-0.15, -0.1) is 0 Å². The number of likely N-dealkylation sites (N-methyl/N-ethyl adjacent to an activating group) is 1. The summed E-state index contributed by atoms with van der Waals surface area (Å²) in [5, 5.41) is 9.33. The van der Waals surface area contributed by atoms with Gasteiger partial charge in [0.05, 0.1) is 6.42 Å². The molecule has 1 aromatic carbocycles. The summed E-state index contributed by atoms with van der Waals surface area (Å²) < 4.78 is 5.32. The molecule has 0 amide bonds. The first-order chi connectivity index (χ1) is 11.5. The molecule has 0 saturated carbocycles. The van der Waals surface area contributed by atoms with Crippen LogP contribution in [0.4, 0.5) is 0 Å². The van der Waals surface area contributed by atoms with Crippen LogP contribution in [0.15, 0.2) is 24.3 Å². The van der Waals surface area contributed by atoms with Crippen LogP contribution in [0.5, 0.6) is 0 Å². The molecule has 0 bridgehead atoms. The van der Waals surface area contributed by atoms with Crippen molar-refractivity contribution in [3.63, 3.8) is 0 Å². The van der Waals surface area contributed by atoms with Gasteiger partial charge in [-0.2, -0.15) is 0 Å². The van der Waals surface area contributed by atoms with Crippen molar-refractivity contribution in [2.45, 2.75) is 59.1 Å². The highest BCUT2D eigenvalue weighted by molar-refractivity contribution is 5.74. The normalized spacial score (nSPS) is 13.1. The Balaban J connectivity index is 2.57. The number of esters is 1. The number of hydrogen-bond donors (Lipinski definition) is 1. The molecular formula is C20H31NO4. The summed E-state index contributed by atoms with van der Waals surface area (Å²) in [6, 6.07) is 7.34. The van der Waals surface area contributed by atoms with E-state index >= 15 is 0 Å². The van der Waals surface area contributed by atoms with Crippen molar-refractivity contribution in [2.75, 3.05) is 13.6 Å². The minimum Gasteiger partial charge on any atom is -0.480 e. The Morgan fingerprint density at radius 1 is 1.12 bits per heavy atom. The maximum absolute atomic E-state index is 11.8. The van der Waals surface area contributed by atoms with Gasteiger partial charge in [-0.25, -0.2) is 0 Å². The molecular weight excluding hydrogens is 318 g/mol. The van der Waals surface area contributed by atoms with Crippen LogP contribution in [0.25, 0.3) is 0 Å². The van der Waals surface area contributed by atoms with Crippen LogP contribution in [-0.2, 0) is 27.2 Å². The zero-order valence-corrected chi connectivity index (χ0v) is 16.2. The fourth-order valence-corrected chi connectivity index (χ4v) is 2.80. The van der Waals surface area contributed by atoms with Crippen LogP contribution in [0.2, 0.25) is 0 Å². The van der Waals surface area contributed by atoms with Gasteiger partial charge in [0.1, 0.15) is 11.6 Å². The van der Waals surface area contributed by atoms with Crippen LogP contribution in [0, 0.1) is 5.92 Å². The highest BCUT2D eigenvalue weighted by atomic mass is 16.6. The van der Waals surface area contributed by atoms with Crippen LogP contribution in [0.1, 0.15) is 45.7 Å². The molecule has 140 valence electrons. The molecule has 5 heteroatoms. The Labute approximate surface area is 151 Å². The van der Waals surface area contributed by atoms with Gasteiger partial charge in [-0.3, -0.25) is 14.5 Å². The predicted octanol–water partition coefficient (Wildman–Crippen LogP) is 3.15. The van der Waals surface area contributed by atoms with Gasteiger partial charge >= 0.3 is 11.9 Å². The lowest BCUT2D eigenvalue weighted by atomic mass is 10.0. The molecule has 0 heterocycles. The molecule has 25 heavy (non-hydrogen) atoms. The van der Waals surface area contributed by atoms with Gasteiger partial charge in [0, 0.05) is 6.54 Å². The summed E-state index contributed by atoms with van der Waals surface area (Å²) in [5.41, 5.74) is 1.56. The lowest BCUT2D eigenvalue weighted by molar-refractivity contribution is -0.154. The maximum Gasteiger partial charge on any atom is 0.321 e. The number of benzene rings is 1. The van der Waals surface area contributed by atoms with Gasteiger partial charge in [0.2, 0.25) is 0 Å². The quantitative estimate of drug-likeness (QED) is 0.730. The fraction of sp³-hybridized carbons (Fsp3) is 0.600. The molecule has 0 aliphatic rings. The average molecular weight is 349 g/mol. The van der Waals surface area contributed by atoms with E-state index in [1.165, 1.54) is 0 Å². The Bertz CT molecular complexity index is 572. The van der Waals surface area contributed by atoms with Gasteiger partial charge in [-0.05, 0) is 51.3 Å². The molecule has 1 rings (SSSR count). The second kappa shape index (κ2) is 8.99. The highest BCUT2D eigenvalue weighted by Crippen LogP contribution is 2.13. The summed E-state index contributed by atoms with van der Waals surface area (Å²) in [4.78, 5) is 25.1. The standard InChI is InChI=1S/C20H31NO4/c1-14(2)18(19(23)24)21(6)12-11-15-7-9-16(10-8-15)13-17(22)25-20(3,4)5/h7-10,14,18H,11-13H2,1-6H3,(H,23,24)/t18-/m0/s1. The van der Waals surface area contributed by atoms with Crippen LogP contribution < -0.4 is 0 Å². The van der Waals surface area contributed by atoms with E-state index in [-0.39, 0.29) is 18.3 Å². The molecule has 1 atom stereocenters. The predicted molar refractivity (Wildman–Crippen MR) is 98.6 cm³/mol. The van der Waals surface area contributed by atoms with Gasteiger partial charge < -0.3 is 9.84 Å². The molecule has 1 N–H and O–H groups in total. The second-order valence-corrected chi connectivity index (χ2v) is 7.84. The van der Waals surface area contributed by atoms with E-state index in [4.69, 9.17) is 4.74 Å².